The summed E-state index contributed by atoms with van der Waals surface area (Å²) < 4.78 is 10.1. The van der Waals surface area contributed by atoms with Crippen molar-refractivity contribution in [2.75, 3.05) is 0 Å². The molecule has 6 aromatic carbocycles. The molecule has 6 heteroatoms. The number of hydrogen-bond acceptors (Lipinski definition) is 2. The molecule has 8 aromatic rings. The molecule has 0 bridgehead atoms. The van der Waals surface area contributed by atoms with Crippen LogP contribution in [-0.4, -0.2) is 9.55 Å². The van der Waals surface area contributed by atoms with Gasteiger partial charge in [0.15, 0.2) is 12.4 Å². The Balaban J connectivity index is 0.00000533. The summed E-state index contributed by atoms with van der Waals surface area (Å²) in [7, 11) is 0. The normalized spacial score (nSPS) is 17.9. The molecule has 0 spiro atoms. The Labute approximate surface area is 401 Å². The van der Waals surface area contributed by atoms with E-state index in [0.717, 1.165) is 33.3 Å². The third-order valence-corrected chi connectivity index (χ3v) is 13.8. The molecule has 0 amide bonds. The van der Waals surface area contributed by atoms with E-state index < -0.39 is 0 Å². The molecule has 2 aromatic heterocycles. The average Bonchev–Trinajstić information content (AvgIpc) is 3.76. The van der Waals surface area contributed by atoms with E-state index in [4.69, 9.17) is 9.72 Å². The number of para-hydroxylation sites is 1. The van der Waals surface area contributed by atoms with Crippen LogP contribution in [-0.2, 0) is 31.9 Å². The smallest absolute Gasteiger partial charge is 0.225 e. The van der Waals surface area contributed by atoms with Gasteiger partial charge < -0.3 is 9.30 Å². The van der Waals surface area contributed by atoms with E-state index in [0.29, 0.717) is 38.4 Å². The minimum Gasteiger partial charge on any atom is -0.509 e. The summed E-state index contributed by atoms with van der Waals surface area (Å²) in [5, 5.41) is 2.26. The maximum Gasteiger partial charge on any atom is 0.225 e. The minimum atomic E-state index is -0.0190. The van der Waals surface area contributed by atoms with Gasteiger partial charge in [0.25, 0.3) is 0 Å². The number of pyridine rings is 1. The van der Waals surface area contributed by atoms with Crippen LogP contribution >= 0.6 is 0 Å². The topological polar surface area (TPSA) is 27.1 Å². The molecule has 2 aliphatic heterocycles. The maximum atomic E-state index is 6.78. The van der Waals surface area contributed by atoms with Gasteiger partial charge in [0.2, 0.25) is 11.4 Å². The van der Waals surface area contributed by atoms with Crippen LogP contribution in [0.5, 0.6) is 11.5 Å². The summed E-state index contributed by atoms with van der Waals surface area (Å²) in [6.07, 6.45) is 1.91. The van der Waals surface area contributed by atoms with Gasteiger partial charge in [-0.15, -0.1) is 29.7 Å². The monoisotopic (exact) mass is 1040 g/mol. The van der Waals surface area contributed by atoms with Crippen LogP contribution in [0.2, 0.25) is 0 Å². The molecule has 2 atom stereocenters. The predicted molar refractivity (Wildman–Crippen MR) is 268 cm³/mol. The van der Waals surface area contributed by atoms with E-state index in [2.05, 4.69) is 216 Å². The number of rotatable bonds is 9. The van der Waals surface area contributed by atoms with Gasteiger partial charge in [-0.05, 0) is 91.1 Å². The Morgan fingerprint density at radius 2 is 1.28 bits per heavy atom. The molecule has 10 rings (SSSR count). The van der Waals surface area contributed by atoms with Gasteiger partial charge >= 0.3 is 0 Å². The molecule has 0 N–H and O–H groups in total. The molecule has 1 saturated heterocycles. The van der Waals surface area contributed by atoms with Crippen LogP contribution in [0.4, 0.5) is 22.7 Å². The number of nitrogens with zero attached hydrogens (tertiary/aromatic N) is 4. The van der Waals surface area contributed by atoms with Gasteiger partial charge in [-0.25, -0.2) is 9.58 Å². The van der Waals surface area contributed by atoms with Crippen LogP contribution < -0.4 is 13.9 Å². The summed E-state index contributed by atoms with van der Waals surface area (Å²) in [6, 6.07) is 52.1. The number of hydrogen-bond donors (Lipinski definition) is 0. The van der Waals surface area contributed by atoms with Gasteiger partial charge in [0.1, 0.15) is 5.82 Å². The van der Waals surface area contributed by atoms with Gasteiger partial charge in [0, 0.05) is 68.5 Å². The molecule has 0 saturated carbocycles. The van der Waals surface area contributed by atoms with Gasteiger partial charge in [-0.2, -0.15) is 16.7 Å². The molecule has 0 radical (unpaired) electrons. The first-order valence-corrected chi connectivity index (χ1v) is 23.1. The zero-order chi connectivity index (χ0) is 45.1. The molecular weight excluding hydrogens is 976 g/mol. The largest absolute Gasteiger partial charge is 0.509 e. The van der Waals surface area contributed by atoms with Crippen LogP contribution in [0.25, 0.3) is 38.8 Å². The van der Waals surface area contributed by atoms with Crippen molar-refractivity contribution in [1.82, 2.24) is 18.7 Å². The molecule has 2 aliphatic rings. The minimum absolute atomic E-state index is 0. The number of benzene rings is 6. The zero-order valence-corrected chi connectivity index (χ0v) is 42.2. The van der Waals surface area contributed by atoms with E-state index in [-0.39, 0.29) is 31.9 Å². The SMILES string of the molecule is CC(C)c1cc(C(C)C)c(-c2cccc([N@+]34[CH-][N+]3(c3[c-]c(Oc5[c-]c6c(cc5)c5ccccc5n6-c5cc(C(C)(C)C)ccn5)ccc3)c3cc(C(C)(C)C)ccc34)c2)c(C(C)C)c1.[Pt]. The molecule has 0 aliphatic carbocycles. The number of ether oxygens (including phenoxy) is 1. The van der Waals surface area contributed by atoms with E-state index in [9.17, 15) is 0 Å². The van der Waals surface area contributed by atoms with E-state index in [1.807, 2.05) is 18.3 Å². The second-order valence-electron chi connectivity index (χ2n) is 21.1. The Hall–Kier alpha value is -5.32. The van der Waals surface area contributed by atoms with Gasteiger partial charge in [-0.3, -0.25) is 0 Å². The Bertz CT molecular complexity index is 3120. The average molecular weight is 1040 g/mol. The van der Waals surface area contributed by atoms with Crippen molar-refractivity contribution in [1.29, 1.82) is 0 Å². The standard InChI is InChI=1S/C59H61N4O.Pt/c1-37(2)41-30-50(38(3)4)57(51(31-41)39(5)6)40-17-15-18-44(29-40)62-36-63(62,55-32-42(58(7,8)9)23-26-54(55)62)45-19-16-20-46(34-45)64-47-24-25-49-48-21-13-14-22-52(48)61(53(49)35-47)56-33-43(27-28-60-56)59(10,11)12;/h13-33,36-39H,1-12H3;/q-1;/t62-,63?;/m0./s1. The van der Waals surface area contributed by atoms with Crippen molar-refractivity contribution in [3.63, 3.8) is 0 Å². The van der Waals surface area contributed by atoms with Crippen molar-refractivity contribution < 1.29 is 25.8 Å². The molecular formula is C59H61N4OPt-. The maximum absolute atomic E-state index is 6.78. The summed E-state index contributed by atoms with van der Waals surface area (Å²) >= 11 is 0. The molecule has 1 fully saturated rings. The van der Waals surface area contributed by atoms with Crippen LogP contribution in [0.1, 0.15) is 129 Å². The number of fused-ring (bicyclic) bond motifs is 7. The molecule has 5 nitrogen and oxygen atoms in total. The summed E-state index contributed by atoms with van der Waals surface area (Å²) in [4.78, 5) is 4.88. The molecule has 1 unspecified atom stereocenters. The Morgan fingerprint density at radius 3 is 1.97 bits per heavy atom. The predicted octanol–water partition coefficient (Wildman–Crippen LogP) is 16.5. The Kier molecular flexibility index (Phi) is 11.0. The van der Waals surface area contributed by atoms with E-state index >= 15 is 0 Å². The molecule has 65 heavy (non-hydrogen) atoms. The van der Waals surface area contributed by atoms with Gasteiger partial charge in [-0.1, -0.05) is 143 Å². The van der Waals surface area contributed by atoms with E-state index in [1.165, 1.54) is 56.0 Å². The summed E-state index contributed by atoms with van der Waals surface area (Å²) in [5.74, 6) is 3.39. The zero-order valence-electron chi connectivity index (χ0n) is 39.9. The van der Waals surface area contributed by atoms with Crippen LogP contribution in [0.3, 0.4) is 0 Å². The number of aromatic nitrogens is 2. The van der Waals surface area contributed by atoms with Crippen LogP contribution in [0.15, 0.2) is 128 Å². The molecule has 4 heterocycles. The number of quaternary nitrogens is 2. The quantitative estimate of drug-likeness (QED) is 0.0818. The van der Waals surface area contributed by atoms with Crippen molar-refractivity contribution in [3.8, 4) is 28.4 Å². The third-order valence-electron chi connectivity index (χ3n) is 13.8. The third kappa shape index (κ3) is 7.12. The van der Waals surface area contributed by atoms with Crippen molar-refractivity contribution in [2.24, 2.45) is 0 Å². The van der Waals surface area contributed by atoms with E-state index in [1.54, 1.807) is 0 Å². The second-order valence-corrected chi connectivity index (χ2v) is 21.1. The first-order chi connectivity index (χ1) is 30.4. The fraction of sp³-hybridized carbons (Fsp3) is 0.288. The Morgan fingerprint density at radius 1 is 0.600 bits per heavy atom. The van der Waals surface area contributed by atoms with Crippen molar-refractivity contribution in [3.05, 3.63) is 174 Å². The van der Waals surface area contributed by atoms with Crippen LogP contribution in [0, 0.1) is 18.8 Å². The fourth-order valence-corrected chi connectivity index (χ4v) is 10.1. The van der Waals surface area contributed by atoms with Crippen molar-refractivity contribution in [2.45, 2.75) is 112 Å². The molecule has 334 valence electrons. The first-order valence-electron chi connectivity index (χ1n) is 23.1. The van der Waals surface area contributed by atoms with Gasteiger partial charge in [0.05, 0.1) is 5.69 Å². The van der Waals surface area contributed by atoms with Crippen molar-refractivity contribution >= 4 is 44.6 Å². The summed E-state index contributed by atoms with van der Waals surface area (Å²) in [5.41, 5.74) is 16.3. The fourth-order valence-electron chi connectivity index (χ4n) is 10.1. The first kappa shape index (κ1) is 44.9. The second kappa shape index (κ2) is 15.9. The summed E-state index contributed by atoms with van der Waals surface area (Å²) in [6.45, 7) is 30.0.